The molecular formula is C30H39NO5SSi. The predicted octanol–water partition coefficient (Wildman–Crippen LogP) is 3.52. The van der Waals surface area contributed by atoms with E-state index in [0.29, 0.717) is 0 Å². The zero-order valence-electron chi connectivity index (χ0n) is 22.8. The Labute approximate surface area is 228 Å². The molecule has 0 aliphatic heterocycles. The Morgan fingerprint density at radius 1 is 0.921 bits per heavy atom. The number of hydrogen-bond acceptors (Lipinski definition) is 5. The van der Waals surface area contributed by atoms with Crippen molar-refractivity contribution in [1.82, 2.24) is 4.72 Å². The van der Waals surface area contributed by atoms with Gasteiger partial charge in [0.2, 0.25) is 10.0 Å². The first kappa shape index (κ1) is 30.0. The summed E-state index contributed by atoms with van der Waals surface area (Å²) < 4.78 is 36.6. The van der Waals surface area contributed by atoms with Crippen LogP contribution in [0, 0.1) is 6.92 Å². The van der Waals surface area contributed by atoms with Crippen LogP contribution in [0.5, 0.6) is 0 Å². The predicted molar refractivity (Wildman–Crippen MR) is 156 cm³/mol. The van der Waals surface area contributed by atoms with Gasteiger partial charge in [-0.2, -0.15) is 4.72 Å². The zero-order chi connectivity index (χ0) is 28.2. The summed E-state index contributed by atoms with van der Waals surface area (Å²) in [6.07, 6.45) is -1.47. The minimum atomic E-state index is -4.11. The van der Waals surface area contributed by atoms with Gasteiger partial charge in [-0.3, -0.25) is 0 Å². The van der Waals surface area contributed by atoms with E-state index in [9.17, 15) is 18.6 Å². The van der Waals surface area contributed by atoms with Gasteiger partial charge in [0.05, 0.1) is 17.6 Å². The molecule has 0 fully saturated rings. The molecule has 3 atom stereocenters. The van der Waals surface area contributed by atoms with Gasteiger partial charge < -0.3 is 14.6 Å². The van der Waals surface area contributed by atoms with Gasteiger partial charge in [-0.25, -0.2) is 8.42 Å². The smallest absolute Gasteiger partial charge is 0.261 e. The fraction of sp³-hybridized carbons (Fsp3) is 0.333. The molecule has 6 nitrogen and oxygen atoms in total. The van der Waals surface area contributed by atoms with E-state index in [1.165, 1.54) is 25.1 Å². The normalized spacial score (nSPS) is 15.9. The molecule has 3 N–H and O–H groups in total. The molecule has 38 heavy (non-hydrogen) atoms. The van der Waals surface area contributed by atoms with E-state index >= 15 is 0 Å². The Morgan fingerprint density at radius 3 is 1.79 bits per heavy atom. The largest absolute Gasteiger partial charge is 0.405 e. The fourth-order valence-corrected chi connectivity index (χ4v) is 10.8. The van der Waals surface area contributed by atoms with E-state index in [2.05, 4.69) is 32.1 Å². The molecule has 0 radical (unpaired) electrons. The van der Waals surface area contributed by atoms with E-state index in [-0.39, 0.29) is 16.5 Å². The number of aryl methyl sites for hydroxylation is 1. The quantitative estimate of drug-likeness (QED) is 0.250. The Hall–Kier alpha value is -2.59. The number of rotatable bonds is 11. The maximum Gasteiger partial charge on any atom is 0.261 e. The van der Waals surface area contributed by atoms with Crippen LogP contribution in [0.15, 0.2) is 102 Å². The minimum absolute atomic E-state index is 0.0394. The Bertz CT molecular complexity index is 1270. The second-order valence-electron chi connectivity index (χ2n) is 10.8. The van der Waals surface area contributed by atoms with E-state index < -0.39 is 36.1 Å². The second kappa shape index (κ2) is 11.7. The summed E-state index contributed by atoms with van der Waals surface area (Å²) in [5.74, 6) is 0. The Balaban J connectivity index is 2.17. The molecule has 3 aromatic rings. The first-order valence-corrected chi connectivity index (χ1v) is 16.0. The van der Waals surface area contributed by atoms with E-state index in [0.717, 1.165) is 15.9 Å². The summed E-state index contributed by atoms with van der Waals surface area (Å²) in [4.78, 5) is 0.0394. The lowest BCUT2D eigenvalue weighted by Gasteiger charge is -2.46. The van der Waals surface area contributed by atoms with Crippen LogP contribution >= 0.6 is 0 Å². The van der Waals surface area contributed by atoms with Gasteiger partial charge in [-0.15, -0.1) is 6.58 Å². The number of benzene rings is 3. The third-order valence-electron chi connectivity index (χ3n) is 6.95. The zero-order valence-corrected chi connectivity index (χ0v) is 24.6. The lowest BCUT2D eigenvalue weighted by atomic mass is 9.91. The molecule has 0 aliphatic rings. The first-order valence-electron chi connectivity index (χ1n) is 12.6. The third-order valence-corrected chi connectivity index (χ3v) is 13.5. The molecule has 0 saturated heterocycles. The van der Waals surface area contributed by atoms with Crippen molar-refractivity contribution in [2.45, 2.75) is 62.3 Å². The van der Waals surface area contributed by atoms with Gasteiger partial charge in [0.15, 0.2) is 0 Å². The van der Waals surface area contributed by atoms with Crippen molar-refractivity contribution in [3.8, 4) is 0 Å². The molecule has 8 heteroatoms. The highest BCUT2D eigenvalue weighted by Crippen LogP contribution is 2.38. The van der Waals surface area contributed by atoms with Crippen molar-refractivity contribution in [2.75, 3.05) is 6.61 Å². The molecule has 0 amide bonds. The molecule has 0 unspecified atom stereocenters. The number of sulfonamides is 1. The summed E-state index contributed by atoms with van der Waals surface area (Å²) >= 11 is 0. The van der Waals surface area contributed by atoms with E-state index in [1.54, 1.807) is 12.1 Å². The highest BCUT2D eigenvalue weighted by molar-refractivity contribution is 7.89. The van der Waals surface area contributed by atoms with Crippen LogP contribution < -0.4 is 15.1 Å². The molecule has 0 aromatic heterocycles. The highest BCUT2D eigenvalue weighted by Gasteiger charge is 2.52. The summed E-state index contributed by atoms with van der Waals surface area (Å²) in [7, 11) is -7.21. The van der Waals surface area contributed by atoms with Gasteiger partial charge in [-0.1, -0.05) is 105 Å². The Kier molecular flexibility index (Phi) is 9.19. The maximum absolute atomic E-state index is 13.5. The number of nitrogens with one attached hydrogen (secondary N) is 1. The molecule has 0 saturated carbocycles. The molecular weight excluding hydrogens is 514 g/mol. The standard InChI is InChI=1S/C30H39NO5SSi/c1-7-30(28(33)24(3)32,31-37(34,35)25-20-18-23(2)19-21-25)22-36-38(29(4,5)6,26-14-10-8-11-15-26)27-16-12-9-13-17-27/h7-21,24,28,31-33H,1,22H2,2-6H3/t24-,28-,30+/m0/s1. The van der Waals surface area contributed by atoms with Crippen LogP contribution in [0.2, 0.25) is 5.04 Å². The molecule has 204 valence electrons. The highest BCUT2D eigenvalue weighted by atomic mass is 32.2. The van der Waals surface area contributed by atoms with Gasteiger partial charge in [0, 0.05) is 0 Å². The van der Waals surface area contributed by atoms with E-state index in [1.807, 2.05) is 67.6 Å². The van der Waals surface area contributed by atoms with Crippen molar-refractivity contribution in [3.05, 3.63) is 103 Å². The van der Waals surface area contributed by atoms with Crippen LogP contribution in [0.25, 0.3) is 0 Å². The maximum atomic E-state index is 13.5. The average molecular weight is 554 g/mol. The molecule has 0 aliphatic carbocycles. The lowest BCUT2D eigenvalue weighted by molar-refractivity contribution is -0.0244. The van der Waals surface area contributed by atoms with Crippen LogP contribution in [0.1, 0.15) is 33.3 Å². The second-order valence-corrected chi connectivity index (χ2v) is 16.8. The van der Waals surface area contributed by atoms with Crippen molar-refractivity contribution >= 4 is 28.7 Å². The van der Waals surface area contributed by atoms with Crippen LogP contribution in [-0.2, 0) is 14.4 Å². The van der Waals surface area contributed by atoms with Crippen LogP contribution in [-0.4, -0.2) is 51.3 Å². The molecule has 0 bridgehead atoms. The summed E-state index contributed by atoms with van der Waals surface area (Å²) in [6.45, 7) is 13.2. The molecule has 3 aromatic carbocycles. The lowest BCUT2D eigenvalue weighted by Crippen LogP contribution is -2.70. The van der Waals surface area contributed by atoms with Crippen molar-refractivity contribution in [3.63, 3.8) is 0 Å². The summed E-state index contributed by atoms with van der Waals surface area (Å²) in [5, 5.41) is 23.3. The first-order chi connectivity index (χ1) is 17.8. The molecule has 3 rings (SSSR count). The average Bonchev–Trinajstić information content (AvgIpc) is 2.88. The third kappa shape index (κ3) is 6.01. The monoisotopic (exact) mass is 553 g/mol. The fourth-order valence-electron chi connectivity index (χ4n) is 4.84. The van der Waals surface area contributed by atoms with Gasteiger partial charge >= 0.3 is 0 Å². The van der Waals surface area contributed by atoms with Crippen molar-refractivity contribution in [2.24, 2.45) is 0 Å². The van der Waals surface area contributed by atoms with Gasteiger partial charge in [-0.05, 0) is 41.4 Å². The topological polar surface area (TPSA) is 95.9 Å². The molecule has 0 spiro atoms. The minimum Gasteiger partial charge on any atom is -0.405 e. The van der Waals surface area contributed by atoms with Crippen LogP contribution in [0.4, 0.5) is 0 Å². The number of aliphatic hydroxyl groups is 2. The van der Waals surface area contributed by atoms with Gasteiger partial charge in [0.1, 0.15) is 11.6 Å². The van der Waals surface area contributed by atoms with Gasteiger partial charge in [0.25, 0.3) is 8.32 Å². The summed E-state index contributed by atoms with van der Waals surface area (Å²) in [5.41, 5.74) is -0.803. The van der Waals surface area contributed by atoms with Crippen molar-refractivity contribution in [1.29, 1.82) is 0 Å². The number of aliphatic hydroxyl groups excluding tert-OH is 2. The summed E-state index contributed by atoms with van der Waals surface area (Å²) in [6, 6.07) is 26.2. The van der Waals surface area contributed by atoms with Crippen LogP contribution in [0.3, 0.4) is 0 Å². The Morgan fingerprint density at radius 2 is 1.39 bits per heavy atom. The van der Waals surface area contributed by atoms with E-state index in [4.69, 9.17) is 4.43 Å². The SMILES string of the molecule is C=C[C@](CO[Si](c1ccccc1)(c1ccccc1)C(C)(C)C)(NS(=O)(=O)c1ccc(C)cc1)[C@@H](O)[C@H](C)O. The van der Waals surface area contributed by atoms with Crippen molar-refractivity contribution < 1.29 is 23.1 Å². The number of hydrogen-bond donors (Lipinski definition) is 3. The molecule has 0 heterocycles.